The minimum Gasteiger partial charge on any atom is -0.378 e. The number of carbonyl (C=O) groups excluding carboxylic acids is 2. The van der Waals surface area contributed by atoms with Crippen LogP contribution in [0.3, 0.4) is 0 Å². The number of para-hydroxylation sites is 1. The Kier molecular flexibility index (Phi) is 4.11. The molecule has 2 heterocycles. The zero-order chi connectivity index (χ0) is 15.5. The first kappa shape index (κ1) is 14.6. The molecule has 22 heavy (non-hydrogen) atoms. The molecule has 1 saturated heterocycles. The van der Waals surface area contributed by atoms with Crippen molar-refractivity contribution in [3.8, 4) is 0 Å². The van der Waals surface area contributed by atoms with Gasteiger partial charge in [0.2, 0.25) is 5.91 Å². The lowest BCUT2D eigenvalue weighted by atomic mass is 10.1. The van der Waals surface area contributed by atoms with E-state index >= 15 is 0 Å². The Bertz CT molecular complexity index is 689. The molecule has 6 nitrogen and oxygen atoms in total. The number of likely N-dealkylation sites (N-methyl/N-ethyl adjacent to an activating group) is 1. The van der Waals surface area contributed by atoms with Crippen LogP contribution in [-0.4, -0.2) is 66.5 Å². The van der Waals surface area contributed by atoms with Crippen molar-refractivity contribution in [3.05, 3.63) is 36.0 Å². The molecule has 0 unspecified atom stereocenters. The van der Waals surface area contributed by atoms with E-state index in [9.17, 15) is 9.59 Å². The second-order valence-electron chi connectivity index (χ2n) is 5.40. The smallest absolute Gasteiger partial charge is 0.256 e. The number of aromatic nitrogens is 1. The SMILES string of the molecule is CN(CC(=O)N1CCOCC1)C(=O)c1c[nH]c2ccccc12. The van der Waals surface area contributed by atoms with Gasteiger partial charge in [-0.3, -0.25) is 9.59 Å². The summed E-state index contributed by atoms with van der Waals surface area (Å²) in [5.74, 6) is -0.196. The molecule has 1 aliphatic heterocycles. The lowest BCUT2D eigenvalue weighted by Crippen LogP contribution is -2.46. The molecule has 1 aromatic heterocycles. The van der Waals surface area contributed by atoms with E-state index in [-0.39, 0.29) is 18.4 Å². The molecule has 1 aliphatic rings. The van der Waals surface area contributed by atoms with Crippen LogP contribution >= 0.6 is 0 Å². The second-order valence-corrected chi connectivity index (χ2v) is 5.40. The van der Waals surface area contributed by atoms with Gasteiger partial charge in [0.1, 0.15) is 0 Å². The summed E-state index contributed by atoms with van der Waals surface area (Å²) in [4.78, 5) is 31.0. The first-order valence-electron chi connectivity index (χ1n) is 7.34. The van der Waals surface area contributed by atoms with E-state index in [0.29, 0.717) is 31.9 Å². The average Bonchev–Trinajstić information content (AvgIpc) is 2.99. The van der Waals surface area contributed by atoms with E-state index in [0.717, 1.165) is 10.9 Å². The van der Waals surface area contributed by atoms with E-state index in [1.54, 1.807) is 18.1 Å². The molecule has 0 aliphatic carbocycles. The van der Waals surface area contributed by atoms with Crippen LogP contribution < -0.4 is 0 Å². The molecule has 0 radical (unpaired) electrons. The quantitative estimate of drug-likeness (QED) is 0.923. The van der Waals surface area contributed by atoms with Crippen molar-refractivity contribution in [2.75, 3.05) is 39.9 Å². The number of morpholine rings is 1. The number of hydrogen-bond acceptors (Lipinski definition) is 3. The van der Waals surface area contributed by atoms with E-state index in [4.69, 9.17) is 4.74 Å². The summed E-state index contributed by atoms with van der Waals surface area (Å²) in [7, 11) is 1.66. The largest absolute Gasteiger partial charge is 0.378 e. The van der Waals surface area contributed by atoms with Gasteiger partial charge in [0.05, 0.1) is 25.3 Å². The molecule has 2 aromatic rings. The zero-order valence-electron chi connectivity index (χ0n) is 12.5. The Morgan fingerprint density at radius 3 is 2.77 bits per heavy atom. The number of H-pyrrole nitrogens is 1. The van der Waals surface area contributed by atoms with Crippen molar-refractivity contribution in [1.29, 1.82) is 0 Å². The maximum absolute atomic E-state index is 12.5. The lowest BCUT2D eigenvalue weighted by Gasteiger charge is -2.28. The number of benzene rings is 1. The van der Waals surface area contributed by atoms with Crippen LogP contribution in [0.5, 0.6) is 0 Å². The van der Waals surface area contributed by atoms with Gasteiger partial charge in [0.15, 0.2) is 0 Å². The number of nitrogens with one attached hydrogen (secondary N) is 1. The van der Waals surface area contributed by atoms with Crippen molar-refractivity contribution in [3.63, 3.8) is 0 Å². The van der Waals surface area contributed by atoms with Gasteiger partial charge in [0.25, 0.3) is 5.91 Å². The highest BCUT2D eigenvalue weighted by Crippen LogP contribution is 2.19. The number of hydrogen-bond donors (Lipinski definition) is 1. The predicted octanol–water partition coefficient (Wildman–Crippen LogP) is 1.10. The minimum absolute atomic E-state index is 0.0426. The Morgan fingerprint density at radius 1 is 1.27 bits per heavy atom. The Labute approximate surface area is 128 Å². The van der Waals surface area contributed by atoms with Crippen molar-refractivity contribution in [2.24, 2.45) is 0 Å². The molecule has 6 heteroatoms. The predicted molar refractivity (Wildman–Crippen MR) is 82.7 cm³/mol. The topological polar surface area (TPSA) is 65.6 Å². The Balaban J connectivity index is 1.70. The number of fused-ring (bicyclic) bond motifs is 1. The molecule has 0 atom stereocenters. The summed E-state index contributed by atoms with van der Waals surface area (Å²) in [6.07, 6.45) is 1.70. The standard InChI is InChI=1S/C16H19N3O3/c1-18(11-15(20)19-6-8-22-9-7-19)16(21)13-10-17-14-5-3-2-4-12(13)14/h2-5,10,17H,6-9,11H2,1H3. The highest BCUT2D eigenvalue weighted by atomic mass is 16.5. The highest BCUT2D eigenvalue weighted by molar-refractivity contribution is 6.07. The Morgan fingerprint density at radius 2 is 2.00 bits per heavy atom. The summed E-state index contributed by atoms with van der Waals surface area (Å²) in [6, 6.07) is 7.63. The van der Waals surface area contributed by atoms with Crippen LogP contribution in [0.15, 0.2) is 30.5 Å². The van der Waals surface area contributed by atoms with Gasteiger partial charge in [-0.1, -0.05) is 18.2 Å². The summed E-state index contributed by atoms with van der Waals surface area (Å²) >= 11 is 0. The molecule has 116 valence electrons. The number of amides is 2. The third-order valence-corrected chi connectivity index (χ3v) is 3.90. The lowest BCUT2D eigenvalue weighted by molar-refractivity contribution is -0.135. The Hall–Kier alpha value is -2.34. The van der Waals surface area contributed by atoms with Crippen LogP contribution in [0.2, 0.25) is 0 Å². The fourth-order valence-electron chi connectivity index (χ4n) is 2.64. The van der Waals surface area contributed by atoms with Crippen molar-refractivity contribution in [1.82, 2.24) is 14.8 Å². The zero-order valence-corrected chi connectivity index (χ0v) is 12.5. The van der Waals surface area contributed by atoms with E-state index in [1.165, 1.54) is 4.90 Å². The fraction of sp³-hybridized carbons (Fsp3) is 0.375. The summed E-state index contributed by atoms with van der Waals surface area (Å²) < 4.78 is 5.23. The van der Waals surface area contributed by atoms with Gasteiger partial charge in [-0.2, -0.15) is 0 Å². The molecule has 1 aromatic carbocycles. The minimum atomic E-state index is -0.154. The number of carbonyl (C=O) groups is 2. The third-order valence-electron chi connectivity index (χ3n) is 3.90. The van der Waals surface area contributed by atoms with Crippen LogP contribution in [0.25, 0.3) is 10.9 Å². The van der Waals surface area contributed by atoms with Gasteiger partial charge >= 0.3 is 0 Å². The first-order chi connectivity index (χ1) is 10.7. The van der Waals surface area contributed by atoms with Crippen molar-refractivity contribution in [2.45, 2.75) is 0 Å². The number of aromatic amines is 1. The number of nitrogens with zero attached hydrogens (tertiary/aromatic N) is 2. The maximum Gasteiger partial charge on any atom is 0.256 e. The first-order valence-corrected chi connectivity index (χ1v) is 7.34. The second kappa shape index (κ2) is 6.19. The molecular weight excluding hydrogens is 282 g/mol. The molecule has 1 N–H and O–H groups in total. The summed E-state index contributed by atoms with van der Waals surface area (Å²) in [5, 5.41) is 0.873. The van der Waals surface area contributed by atoms with Gasteiger partial charge in [-0.05, 0) is 6.07 Å². The molecule has 1 fully saturated rings. The van der Waals surface area contributed by atoms with Crippen LogP contribution in [0, 0.1) is 0 Å². The molecule has 0 spiro atoms. The highest BCUT2D eigenvalue weighted by Gasteiger charge is 2.22. The van der Waals surface area contributed by atoms with Crippen LogP contribution in [-0.2, 0) is 9.53 Å². The molecule has 0 saturated carbocycles. The van der Waals surface area contributed by atoms with E-state index in [1.807, 2.05) is 24.3 Å². The van der Waals surface area contributed by atoms with Gasteiger partial charge in [-0.25, -0.2) is 0 Å². The number of ether oxygens (including phenoxy) is 1. The van der Waals surface area contributed by atoms with Gasteiger partial charge < -0.3 is 19.5 Å². The molecule has 3 rings (SSSR count). The normalized spacial score (nSPS) is 15.0. The molecule has 2 amide bonds. The molecule has 0 bridgehead atoms. The van der Waals surface area contributed by atoms with Crippen molar-refractivity contribution >= 4 is 22.7 Å². The van der Waals surface area contributed by atoms with Crippen molar-refractivity contribution < 1.29 is 14.3 Å². The third kappa shape index (κ3) is 2.82. The number of rotatable bonds is 3. The van der Waals surface area contributed by atoms with E-state index < -0.39 is 0 Å². The van der Waals surface area contributed by atoms with E-state index in [2.05, 4.69) is 4.98 Å². The molecular formula is C16H19N3O3. The van der Waals surface area contributed by atoms with Crippen LogP contribution in [0.4, 0.5) is 0 Å². The summed E-state index contributed by atoms with van der Waals surface area (Å²) in [6.45, 7) is 2.39. The monoisotopic (exact) mass is 301 g/mol. The van der Waals surface area contributed by atoms with Crippen LogP contribution in [0.1, 0.15) is 10.4 Å². The summed E-state index contributed by atoms with van der Waals surface area (Å²) in [5.41, 5.74) is 1.51. The fourth-order valence-corrected chi connectivity index (χ4v) is 2.64. The van der Waals surface area contributed by atoms with Gasteiger partial charge in [0, 0.05) is 37.2 Å². The average molecular weight is 301 g/mol. The maximum atomic E-state index is 12.5. The van der Waals surface area contributed by atoms with Gasteiger partial charge in [-0.15, -0.1) is 0 Å².